The number of hydrogen-bond donors (Lipinski definition) is 1. The van der Waals surface area contributed by atoms with E-state index in [2.05, 4.69) is 4.74 Å². The van der Waals surface area contributed by atoms with Crippen molar-refractivity contribution in [1.29, 1.82) is 0 Å². The van der Waals surface area contributed by atoms with Gasteiger partial charge in [0.15, 0.2) is 0 Å². The Morgan fingerprint density at radius 1 is 1.35 bits per heavy atom. The van der Waals surface area contributed by atoms with Crippen molar-refractivity contribution in [3.05, 3.63) is 29.8 Å². The zero-order chi connectivity index (χ0) is 14.8. The van der Waals surface area contributed by atoms with Crippen molar-refractivity contribution in [2.75, 3.05) is 6.61 Å². The molecule has 0 amide bonds. The Bertz CT molecular complexity index is 453. The first-order valence-corrected chi connectivity index (χ1v) is 6.48. The van der Waals surface area contributed by atoms with Gasteiger partial charge in [0.1, 0.15) is 11.9 Å². The van der Waals surface area contributed by atoms with Gasteiger partial charge in [-0.05, 0) is 43.9 Å². The van der Waals surface area contributed by atoms with Gasteiger partial charge >= 0.3 is 6.36 Å². The fraction of sp³-hybridized carbons (Fsp3) is 0.571. The largest absolute Gasteiger partial charge is 0.573 e. The van der Waals surface area contributed by atoms with E-state index < -0.39 is 18.1 Å². The second-order valence-electron chi connectivity index (χ2n) is 5.14. The second-order valence-corrected chi connectivity index (χ2v) is 5.14. The normalized spacial score (nSPS) is 25.2. The Kier molecular flexibility index (Phi) is 4.25. The number of aliphatic hydroxyl groups is 1. The lowest BCUT2D eigenvalue weighted by Crippen LogP contribution is -2.39. The van der Waals surface area contributed by atoms with E-state index in [-0.39, 0.29) is 5.75 Å². The molecule has 0 aromatic heterocycles. The molecule has 3 nitrogen and oxygen atoms in total. The molecule has 1 aliphatic rings. The maximum absolute atomic E-state index is 12.2. The topological polar surface area (TPSA) is 38.7 Å². The van der Waals surface area contributed by atoms with Gasteiger partial charge in [0, 0.05) is 6.61 Å². The summed E-state index contributed by atoms with van der Waals surface area (Å²) in [5, 5.41) is 10.4. The smallest absolute Gasteiger partial charge is 0.406 e. The highest BCUT2D eigenvalue weighted by atomic mass is 19.4. The summed E-state index contributed by atoms with van der Waals surface area (Å²) in [6.07, 6.45) is -3.21. The lowest BCUT2D eigenvalue weighted by atomic mass is 9.86. The third-order valence-electron chi connectivity index (χ3n) is 3.49. The third kappa shape index (κ3) is 3.64. The molecule has 1 N–H and O–H groups in total. The van der Waals surface area contributed by atoms with Crippen LogP contribution in [0.25, 0.3) is 0 Å². The van der Waals surface area contributed by atoms with Gasteiger partial charge in [-0.25, -0.2) is 0 Å². The highest BCUT2D eigenvalue weighted by Crippen LogP contribution is 2.37. The van der Waals surface area contributed by atoms with Crippen molar-refractivity contribution in [3.63, 3.8) is 0 Å². The standard InChI is InChI=1S/C14H17F3O3/c1-13(7-2-3-8-19-13)12(18)10-5-4-6-11(9-10)20-14(15,16)17/h4-6,9,12,18H,2-3,7-8H2,1H3. The molecule has 0 spiro atoms. The van der Waals surface area contributed by atoms with E-state index in [1.54, 1.807) is 13.0 Å². The molecule has 6 heteroatoms. The van der Waals surface area contributed by atoms with Gasteiger partial charge in [-0.2, -0.15) is 0 Å². The zero-order valence-electron chi connectivity index (χ0n) is 11.1. The number of ether oxygens (including phenoxy) is 2. The summed E-state index contributed by atoms with van der Waals surface area (Å²) in [6, 6.07) is 5.39. The average Bonchev–Trinajstić information content (AvgIpc) is 2.37. The van der Waals surface area contributed by atoms with Gasteiger partial charge in [0.2, 0.25) is 0 Å². The molecule has 1 heterocycles. The number of benzene rings is 1. The number of alkyl halides is 3. The van der Waals surface area contributed by atoms with Crippen LogP contribution in [0.15, 0.2) is 24.3 Å². The summed E-state index contributed by atoms with van der Waals surface area (Å²) in [5.74, 6) is -0.339. The first kappa shape index (κ1) is 15.1. The van der Waals surface area contributed by atoms with Gasteiger partial charge in [-0.3, -0.25) is 0 Å². The van der Waals surface area contributed by atoms with Crippen molar-refractivity contribution in [2.24, 2.45) is 0 Å². The summed E-state index contributed by atoms with van der Waals surface area (Å²) < 4.78 is 46.1. The summed E-state index contributed by atoms with van der Waals surface area (Å²) in [5.41, 5.74) is -0.411. The average molecular weight is 290 g/mol. The minimum Gasteiger partial charge on any atom is -0.406 e. The molecule has 0 saturated carbocycles. The van der Waals surface area contributed by atoms with Crippen molar-refractivity contribution in [1.82, 2.24) is 0 Å². The quantitative estimate of drug-likeness (QED) is 0.924. The summed E-state index contributed by atoms with van der Waals surface area (Å²) in [7, 11) is 0. The van der Waals surface area contributed by atoms with Crippen LogP contribution in [0.2, 0.25) is 0 Å². The molecular formula is C14H17F3O3. The fourth-order valence-corrected chi connectivity index (χ4v) is 2.41. The van der Waals surface area contributed by atoms with Crippen LogP contribution in [-0.2, 0) is 4.74 Å². The molecule has 112 valence electrons. The third-order valence-corrected chi connectivity index (χ3v) is 3.49. The molecule has 20 heavy (non-hydrogen) atoms. The van der Waals surface area contributed by atoms with Crippen molar-refractivity contribution >= 4 is 0 Å². The molecule has 2 unspecified atom stereocenters. The maximum Gasteiger partial charge on any atom is 0.573 e. The van der Waals surface area contributed by atoms with Crippen molar-refractivity contribution in [3.8, 4) is 5.75 Å². The van der Waals surface area contributed by atoms with Crippen LogP contribution in [0.3, 0.4) is 0 Å². The Labute approximate surface area is 115 Å². The lowest BCUT2D eigenvalue weighted by molar-refractivity contribution is -0.274. The van der Waals surface area contributed by atoms with Crippen LogP contribution in [0.1, 0.15) is 37.9 Å². The minimum atomic E-state index is -4.74. The van der Waals surface area contributed by atoms with E-state index in [1.165, 1.54) is 18.2 Å². The van der Waals surface area contributed by atoms with Gasteiger partial charge < -0.3 is 14.6 Å². The molecule has 0 bridgehead atoms. The van der Waals surface area contributed by atoms with Crippen LogP contribution in [0.4, 0.5) is 13.2 Å². The molecule has 1 aromatic rings. The maximum atomic E-state index is 12.2. The van der Waals surface area contributed by atoms with E-state index in [0.717, 1.165) is 12.8 Å². The predicted molar refractivity (Wildman–Crippen MR) is 66.3 cm³/mol. The first-order valence-electron chi connectivity index (χ1n) is 6.48. The highest BCUT2D eigenvalue weighted by Gasteiger charge is 2.37. The molecule has 1 fully saturated rings. The van der Waals surface area contributed by atoms with Crippen molar-refractivity contribution < 1.29 is 27.8 Å². The molecule has 1 saturated heterocycles. The SMILES string of the molecule is CC1(C(O)c2cccc(OC(F)(F)F)c2)CCCCO1. The monoisotopic (exact) mass is 290 g/mol. The molecular weight excluding hydrogens is 273 g/mol. The van der Waals surface area contributed by atoms with Gasteiger partial charge in [0.25, 0.3) is 0 Å². The predicted octanol–water partition coefficient (Wildman–Crippen LogP) is 3.58. The van der Waals surface area contributed by atoms with E-state index in [9.17, 15) is 18.3 Å². The Hall–Kier alpha value is -1.27. The van der Waals surface area contributed by atoms with Crippen LogP contribution < -0.4 is 4.74 Å². The molecule has 0 radical (unpaired) electrons. The summed E-state index contributed by atoms with van der Waals surface area (Å²) >= 11 is 0. The zero-order valence-corrected chi connectivity index (χ0v) is 11.1. The Morgan fingerprint density at radius 2 is 2.10 bits per heavy atom. The van der Waals surface area contributed by atoms with Crippen LogP contribution in [-0.4, -0.2) is 23.7 Å². The molecule has 2 atom stereocenters. The number of rotatable bonds is 3. The Balaban J connectivity index is 2.17. The highest BCUT2D eigenvalue weighted by molar-refractivity contribution is 5.31. The van der Waals surface area contributed by atoms with E-state index in [0.29, 0.717) is 18.6 Å². The number of hydrogen-bond acceptors (Lipinski definition) is 3. The first-order chi connectivity index (χ1) is 9.30. The summed E-state index contributed by atoms with van der Waals surface area (Å²) in [4.78, 5) is 0. The molecule has 1 aromatic carbocycles. The number of aliphatic hydroxyl groups excluding tert-OH is 1. The van der Waals surface area contributed by atoms with Crippen LogP contribution in [0.5, 0.6) is 5.75 Å². The van der Waals surface area contributed by atoms with Gasteiger partial charge in [-0.1, -0.05) is 12.1 Å². The minimum absolute atomic E-state index is 0.339. The molecule has 0 aliphatic carbocycles. The fourth-order valence-electron chi connectivity index (χ4n) is 2.41. The number of halogens is 3. The van der Waals surface area contributed by atoms with E-state index >= 15 is 0 Å². The molecule has 2 rings (SSSR count). The summed E-state index contributed by atoms with van der Waals surface area (Å²) in [6.45, 7) is 2.32. The second kappa shape index (κ2) is 5.61. The van der Waals surface area contributed by atoms with Gasteiger partial charge in [-0.15, -0.1) is 13.2 Å². The van der Waals surface area contributed by atoms with Gasteiger partial charge in [0.05, 0.1) is 5.60 Å². The van der Waals surface area contributed by atoms with E-state index in [1.807, 2.05) is 0 Å². The lowest BCUT2D eigenvalue weighted by Gasteiger charge is -2.38. The Morgan fingerprint density at radius 3 is 2.70 bits per heavy atom. The van der Waals surface area contributed by atoms with Crippen LogP contribution >= 0.6 is 0 Å². The van der Waals surface area contributed by atoms with Crippen LogP contribution in [0, 0.1) is 0 Å². The van der Waals surface area contributed by atoms with Crippen molar-refractivity contribution in [2.45, 2.75) is 44.3 Å². The molecule has 1 aliphatic heterocycles. The van der Waals surface area contributed by atoms with E-state index in [4.69, 9.17) is 4.74 Å².